The van der Waals surface area contributed by atoms with Crippen molar-refractivity contribution < 1.29 is 18.3 Å². The maximum atomic E-state index is 13.4. The van der Waals surface area contributed by atoms with Gasteiger partial charge in [-0.15, -0.1) is 0 Å². The minimum Gasteiger partial charge on any atom is -0.432 e. The van der Waals surface area contributed by atoms with Gasteiger partial charge in [-0.2, -0.15) is 8.78 Å². The topological polar surface area (TPSA) is 64.1 Å². The summed E-state index contributed by atoms with van der Waals surface area (Å²) < 4.78 is 31.4. The molecule has 3 aromatic rings. The first-order valence-corrected chi connectivity index (χ1v) is 8.98. The number of carbonyl (C=O) groups is 1. The maximum absolute atomic E-state index is 13.4. The molecule has 0 unspecified atom stereocenters. The second-order valence-electron chi connectivity index (χ2n) is 6.39. The van der Waals surface area contributed by atoms with Gasteiger partial charge in [0.15, 0.2) is 5.82 Å². The molecule has 5 nitrogen and oxygen atoms in total. The molecule has 8 heteroatoms. The predicted octanol–water partition coefficient (Wildman–Crippen LogP) is 5.22. The van der Waals surface area contributed by atoms with Gasteiger partial charge in [-0.05, 0) is 23.8 Å². The van der Waals surface area contributed by atoms with Gasteiger partial charge in [0.25, 0.3) is 5.91 Å². The highest BCUT2D eigenvalue weighted by Gasteiger charge is 2.40. The molecule has 1 amide bonds. The van der Waals surface area contributed by atoms with Crippen molar-refractivity contribution in [1.29, 1.82) is 0 Å². The molecule has 2 aromatic carbocycles. The van der Waals surface area contributed by atoms with Gasteiger partial charge in [-0.1, -0.05) is 42.5 Å². The van der Waals surface area contributed by atoms with E-state index in [1.807, 2.05) is 6.07 Å². The van der Waals surface area contributed by atoms with Crippen molar-refractivity contribution in [3.8, 4) is 17.0 Å². The lowest BCUT2D eigenvalue weighted by Crippen LogP contribution is -2.20. The summed E-state index contributed by atoms with van der Waals surface area (Å²) in [5.74, 6) is -0.0521. The van der Waals surface area contributed by atoms with Crippen LogP contribution in [0.25, 0.3) is 17.3 Å². The Morgan fingerprint density at radius 1 is 1.24 bits per heavy atom. The average Bonchev–Trinajstić information content (AvgIpc) is 3.00. The minimum atomic E-state index is -3.24. The number of hydrogen-bond acceptors (Lipinski definition) is 4. The molecule has 1 N–H and O–H groups in total. The first-order valence-electron chi connectivity index (χ1n) is 8.61. The number of halogens is 3. The van der Waals surface area contributed by atoms with Crippen molar-refractivity contribution in [1.82, 2.24) is 9.97 Å². The van der Waals surface area contributed by atoms with Crippen LogP contribution in [0.3, 0.4) is 0 Å². The molecule has 0 spiro atoms. The summed E-state index contributed by atoms with van der Waals surface area (Å²) in [4.78, 5) is 20.9. The monoisotopic (exact) mass is 413 g/mol. The summed E-state index contributed by atoms with van der Waals surface area (Å²) in [5, 5.41) is 2.88. The van der Waals surface area contributed by atoms with Crippen molar-refractivity contribution in [3.63, 3.8) is 0 Å². The largest absolute Gasteiger partial charge is 0.432 e. The molecule has 1 aromatic heterocycles. The highest BCUT2D eigenvalue weighted by Crippen LogP contribution is 2.42. The standard InChI is InChI=1S/C21H14ClF2N3O2/c1-2-12-5-3-4-6-14(12)20(28)27-19-11-25-17(10-26-19)15-7-13-9-21(23,24)29-18(13)8-16(15)22/h2-8,10-11H,1,9H2,(H,26,27,28). The highest BCUT2D eigenvalue weighted by molar-refractivity contribution is 6.33. The van der Waals surface area contributed by atoms with E-state index in [9.17, 15) is 13.6 Å². The van der Waals surface area contributed by atoms with Gasteiger partial charge in [-0.3, -0.25) is 9.78 Å². The number of ether oxygens (including phenoxy) is 1. The Morgan fingerprint density at radius 3 is 2.76 bits per heavy atom. The van der Waals surface area contributed by atoms with Crippen molar-refractivity contribution in [3.05, 3.63) is 77.1 Å². The zero-order chi connectivity index (χ0) is 20.6. The fourth-order valence-electron chi connectivity index (χ4n) is 3.05. The fourth-order valence-corrected chi connectivity index (χ4v) is 3.30. The Bertz CT molecular complexity index is 1120. The van der Waals surface area contributed by atoms with Crippen molar-refractivity contribution >= 4 is 29.4 Å². The smallest absolute Gasteiger partial charge is 0.402 e. The quantitative estimate of drug-likeness (QED) is 0.637. The Morgan fingerprint density at radius 2 is 2.03 bits per heavy atom. The number of benzene rings is 2. The highest BCUT2D eigenvalue weighted by atomic mass is 35.5. The molecule has 0 radical (unpaired) electrons. The number of amides is 1. The van der Waals surface area contributed by atoms with Gasteiger partial charge in [0.05, 0.1) is 29.5 Å². The molecule has 0 fully saturated rings. The van der Waals surface area contributed by atoms with Gasteiger partial charge in [0.1, 0.15) is 5.75 Å². The molecule has 0 atom stereocenters. The lowest BCUT2D eigenvalue weighted by Gasteiger charge is -2.09. The van der Waals surface area contributed by atoms with Crippen LogP contribution in [0.2, 0.25) is 5.02 Å². The molecule has 0 saturated carbocycles. The van der Waals surface area contributed by atoms with E-state index in [0.29, 0.717) is 27.9 Å². The Hall–Kier alpha value is -3.32. The maximum Gasteiger partial charge on any atom is 0.402 e. The molecular formula is C21H14ClF2N3O2. The predicted molar refractivity (Wildman–Crippen MR) is 106 cm³/mol. The molecule has 146 valence electrons. The van der Waals surface area contributed by atoms with Crippen LogP contribution in [0.15, 0.2) is 55.4 Å². The van der Waals surface area contributed by atoms with E-state index in [-0.39, 0.29) is 22.5 Å². The normalized spacial score (nSPS) is 14.0. The number of carbonyl (C=O) groups excluding carboxylic acids is 1. The number of rotatable bonds is 4. The summed E-state index contributed by atoms with van der Waals surface area (Å²) in [7, 11) is 0. The zero-order valence-corrected chi connectivity index (χ0v) is 15.7. The van der Waals surface area contributed by atoms with Crippen LogP contribution in [0.5, 0.6) is 5.75 Å². The molecule has 1 aliphatic heterocycles. The third-order valence-corrected chi connectivity index (χ3v) is 4.71. The summed E-state index contributed by atoms with van der Waals surface area (Å²) in [6.45, 7) is 3.69. The van der Waals surface area contributed by atoms with E-state index in [4.69, 9.17) is 11.6 Å². The van der Waals surface area contributed by atoms with Crippen molar-refractivity contribution in [2.75, 3.05) is 5.32 Å². The molecule has 4 rings (SSSR count). The van der Waals surface area contributed by atoms with Crippen LogP contribution in [-0.2, 0) is 6.42 Å². The summed E-state index contributed by atoms with van der Waals surface area (Å²) in [6.07, 6.45) is 0.602. The Labute approximate surface area is 170 Å². The van der Waals surface area contributed by atoms with Crippen LogP contribution in [0, 0.1) is 0 Å². The Kier molecular flexibility index (Phi) is 4.76. The van der Waals surface area contributed by atoms with Gasteiger partial charge >= 0.3 is 6.11 Å². The van der Waals surface area contributed by atoms with Crippen molar-refractivity contribution in [2.24, 2.45) is 0 Å². The van der Waals surface area contributed by atoms with E-state index >= 15 is 0 Å². The summed E-state index contributed by atoms with van der Waals surface area (Å²) >= 11 is 6.20. The van der Waals surface area contributed by atoms with Crippen LogP contribution in [0.4, 0.5) is 14.6 Å². The van der Waals surface area contributed by atoms with Crippen molar-refractivity contribution in [2.45, 2.75) is 12.5 Å². The third-order valence-electron chi connectivity index (χ3n) is 4.40. The summed E-state index contributed by atoms with van der Waals surface area (Å²) in [6, 6.07) is 9.87. The second-order valence-corrected chi connectivity index (χ2v) is 6.80. The van der Waals surface area contributed by atoms with Gasteiger partial charge in [0.2, 0.25) is 0 Å². The van der Waals surface area contributed by atoms with Gasteiger partial charge in [0, 0.05) is 16.7 Å². The third kappa shape index (κ3) is 3.82. The molecule has 2 heterocycles. The number of hydrogen-bond donors (Lipinski definition) is 1. The lowest BCUT2D eigenvalue weighted by atomic mass is 10.1. The molecule has 0 saturated heterocycles. The number of aromatic nitrogens is 2. The summed E-state index contributed by atoms with van der Waals surface area (Å²) in [5.41, 5.74) is 2.33. The number of nitrogens with zero attached hydrogens (tertiary/aromatic N) is 2. The van der Waals surface area contributed by atoms with Crippen LogP contribution >= 0.6 is 11.6 Å². The molecular weight excluding hydrogens is 400 g/mol. The molecule has 0 aliphatic carbocycles. The van der Waals surface area contributed by atoms with Crippen LogP contribution < -0.4 is 10.1 Å². The van der Waals surface area contributed by atoms with Gasteiger partial charge in [-0.25, -0.2) is 4.98 Å². The van der Waals surface area contributed by atoms with E-state index in [2.05, 4.69) is 26.6 Å². The number of anilines is 1. The minimum absolute atomic E-state index is 0.0569. The lowest BCUT2D eigenvalue weighted by molar-refractivity contribution is -0.159. The van der Waals surface area contributed by atoms with E-state index in [1.165, 1.54) is 24.5 Å². The zero-order valence-electron chi connectivity index (χ0n) is 15.0. The van der Waals surface area contributed by atoms with Crippen LogP contribution in [-0.4, -0.2) is 22.0 Å². The van der Waals surface area contributed by atoms with E-state index < -0.39 is 12.5 Å². The Balaban J connectivity index is 1.56. The number of nitrogens with one attached hydrogen (secondary N) is 1. The average molecular weight is 414 g/mol. The molecule has 0 bridgehead atoms. The first kappa shape index (κ1) is 19.0. The second kappa shape index (κ2) is 7.25. The van der Waals surface area contributed by atoms with E-state index in [0.717, 1.165) is 0 Å². The number of fused-ring (bicyclic) bond motifs is 1. The first-order chi connectivity index (χ1) is 13.9. The fraction of sp³-hybridized carbons (Fsp3) is 0.0952. The SMILES string of the molecule is C=Cc1ccccc1C(=O)Nc1cnc(-c2cc3c(cc2Cl)OC(F)(F)C3)cn1. The number of alkyl halides is 2. The molecule has 1 aliphatic rings. The van der Waals surface area contributed by atoms with Gasteiger partial charge < -0.3 is 10.1 Å². The molecule has 29 heavy (non-hydrogen) atoms. The van der Waals surface area contributed by atoms with E-state index in [1.54, 1.807) is 24.3 Å². The van der Waals surface area contributed by atoms with Crippen LogP contribution in [0.1, 0.15) is 21.5 Å².